The molecule has 0 aromatic heterocycles. The van der Waals surface area contributed by atoms with Crippen LogP contribution >= 0.6 is 0 Å². The molecule has 0 aromatic carbocycles. The van der Waals surface area contributed by atoms with E-state index in [1.807, 2.05) is 6.92 Å². The Morgan fingerprint density at radius 3 is 1.89 bits per heavy atom. The van der Waals surface area contributed by atoms with Gasteiger partial charge < -0.3 is 0 Å². The van der Waals surface area contributed by atoms with E-state index in [1.165, 1.54) is 0 Å². The molecule has 0 saturated heterocycles. The summed E-state index contributed by atoms with van der Waals surface area (Å²) in [4.78, 5) is 0. The first-order chi connectivity index (χ1) is 7.56. The van der Waals surface area contributed by atoms with Crippen LogP contribution in [-0.4, -0.2) is 64.2 Å². The molecule has 0 aliphatic heterocycles. The molecule has 0 fully saturated rings. The molecule has 0 spiro atoms. The number of hydrogen-bond acceptors (Lipinski definition) is 3. The zero-order valence-electron chi connectivity index (χ0n) is 9.06. The summed E-state index contributed by atoms with van der Waals surface area (Å²) in [6.45, 7) is 1.18. The monoisotopic (exact) mass is 326 g/mol. The van der Waals surface area contributed by atoms with Crippen molar-refractivity contribution in [3.8, 4) is 0 Å². The van der Waals surface area contributed by atoms with Crippen LogP contribution in [0.5, 0.6) is 0 Å². The van der Waals surface area contributed by atoms with Gasteiger partial charge in [-0.05, 0) is 6.42 Å². The molecule has 10 heteroatoms. The van der Waals surface area contributed by atoms with Gasteiger partial charge in [0.25, 0.3) is 0 Å². The van der Waals surface area contributed by atoms with E-state index in [1.54, 1.807) is 0 Å². The van der Waals surface area contributed by atoms with E-state index in [0.717, 1.165) is 12.8 Å². The molecule has 0 aliphatic carbocycles. The average Bonchev–Trinajstić information content (AvgIpc) is 2.15. The van der Waals surface area contributed by atoms with Crippen molar-refractivity contribution in [2.75, 3.05) is 6.61 Å². The van der Waals surface area contributed by atoms with Crippen LogP contribution in [0.25, 0.3) is 0 Å². The summed E-state index contributed by atoms with van der Waals surface area (Å²) in [6.07, 6.45) is -4.02. The second-order valence-corrected chi connectivity index (χ2v) is 5.01. The molecule has 3 nitrogen and oxygen atoms in total. The molecule has 0 amide bonds. The van der Waals surface area contributed by atoms with Crippen molar-refractivity contribution in [1.29, 1.82) is 0 Å². The molecule has 0 unspecified atom stereocenters. The predicted molar refractivity (Wildman–Crippen MR) is 58.6 cm³/mol. The summed E-state index contributed by atoms with van der Waals surface area (Å²) >= 11 is 0. The maximum atomic E-state index is 12.4. The summed E-state index contributed by atoms with van der Waals surface area (Å²) in [6, 6.07) is 0. The Kier molecular flexibility index (Phi) is 9.60. The third-order valence-electron chi connectivity index (χ3n) is 1.88. The van der Waals surface area contributed by atoms with E-state index in [-0.39, 0.29) is 44.2 Å². The van der Waals surface area contributed by atoms with Crippen LogP contribution in [0.4, 0.5) is 22.0 Å². The van der Waals surface area contributed by atoms with Crippen molar-refractivity contribution in [3.05, 3.63) is 0 Å². The van der Waals surface area contributed by atoms with Gasteiger partial charge in [0.05, 0.1) is 6.61 Å². The van der Waals surface area contributed by atoms with Crippen LogP contribution in [0.2, 0.25) is 0 Å². The standard InChI is InChI=1S/C8H13F5O3S.Ca.2H/c1-2-3-4-5-6-16-17(14,15)8(12,13)7(9,10)11;;;/h2-6H2,1H3;;;. The van der Waals surface area contributed by atoms with Gasteiger partial charge in [-0.15, -0.1) is 0 Å². The average molecular weight is 326 g/mol. The fourth-order valence-electron chi connectivity index (χ4n) is 0.913. The van der Waals surface area contributed by atoms with Crippen molar-refractivity contribution in [1.82, 2.24) is 0 Å². The van der Waals surface area contributed by atoms with Gasteiger partial charge in [0, 0.05) is 0 Å². The Morgan fingerprint density at radius 2 is 1.50 bits per heavy atom. The van der Waals surface area contributed by atoms with Gasteiger partial charge in [-0.1, -0.05) is 26.2 Å². The van der Waals surface area contributed by atoms with Crippen LogP contribution in [0.15, 0.2) is 0 Å². The van der Waals surface area contributed by atoms with Crippen LogP contribution in [0.3, 0.4) is 0 Å². The van der Waals surface area contributed by atoms with Gasteiger partial charge in [0.15, 0.2) is 0 Å². The molecule has 0 radical (unpaired) electrons. The topological polar surface area (TPSA) is 43.4 Å². The van der Waals surface area contributed by atoms with E-state index in [2.05, 4.69) is 4.18 Å². The molecule has 18 heavy (non-hydrogen) atoms. The Balaban J connectivity index is 0. The van der Waals surface area contributed by atoms with Gasteiger partial charge in [-0.3, -0.25) is 4.18 Å². The zero-order chi connectivity index (χ0) is 13.7. The number of halogens is 5. The first-order valence-corrected chi connectivity index (χ1v) is 6.30. The Morgan fingerprint density at radius 1 is 1.00 bits per heavy atom. The first kappa shape index (κ1) is 21.1. The van der Waals surface area contributed by atoms with E-state index < -0.39 is 28.2 Å². The Bertz CT molecular complexity index is 328. The third-order valence-corrected chi connectivity index (χ3v) is 3.22. The minimum absolute atomic E-state index is 0. The van der Waals surface area contributed by atoms with Crippen LogP contribution in [-0.2, 0) is 14.3 Å². The second-order valence-electron chi connectivity index (χ2n) is 3.35. The quantitative estimate of drug-likeness (QED) is 0.312. The third kappa shape index (κ3) is 5.85. The first-order valence-electron chi connectivity index (χ1n) is 4.89. The van der Waals surface area contributed by atoms with Gasteiger partial charge in [0.1, 0.15) is 0 Å². The molecule has 0 aromatic rings. The molecule has 0 N–H and O–H groups in total. The van der Waals surface area contributed by atoms with Gasteiger partial charge >= 0.3 is 59.3 Å². The fraction of sp³-hybridized carbons (Fsp3) is 1.00. The Labute approximate surface area is 132 Å². The van der Waals surface area contributed by atoms with Crippen LogP contribution < -0.4 is 0 Å². The van der Waals surface area contributed by atoms with E-state index in [4.69, 9.17) is 0 Å². The summed E-state index contributed by atoms with van der Waals surface area (Å²) in [5.41, 5.74) is 0. The molecule has 0 saturated carbocycles. The summed E-state index contributed by atoms with van der Waals surface area (Å²) in [7, 11) is -5.96. The molecule has 0 atom stereocenters. The maximum absolute atomic E-state index is 12.4. The molecular weight excluding hydrogens is 311 g/mol. The van der Waals surface area contributed by atoms with E-state index in [9.17, 15) is 30.4 Å². The van der Waals surface area contributed by atoms with Crippen LogP contribution in [0, 0.1) is 0 Å². The van der Waals surface area contributed by atoms with Crippen molar-refractivity contribution >= 4 is 47.9 Å². The summed E-state index contributed by atoms with van der Waals surface area (Å²) in [5.74, 6) is 0. The normalized spacial score (nSPS) is 13.2. The van der Waals surface area contributed by atoms with Crippen molar-refractivity contribution in [3.63, 3.8) is 0 Å². The number of hydrogen-bond donors (Lipinski definition) is 0. The van der Waals surface area contributed by atoms with Crippen molar-refractivity contribution < 1.29 is 34.6 Å². The minimum atomic E-state index is -6.17. The van der Waals surface area contributed by atoms with Gasteiger partial charge in [0.2, 0.25) is 0 Å². The molecule has 0 aliphatic rings. The van der Waals surface area contributed by atoms with E-state index in [0.29, 0.717) is 6.42 Å². The molecular formula is C8H15CaF5O3S. The predicted octanol–water partition coefficient (Wildman–Crippen LogP) is 2.15. The van der Waals surface area contributed by atoms with E-state index >= 15 is 0 Å². The number of alkyl halides is 5. The van der Waals surface area contributed by atoms with Crippen molar-refractivity contribution in [2.45, 2.75) is 44.0 Å². The molecule has 0 bridgehead atoms. The summed E-state index contributed by atoms with van der Waals surface area (Å²) < 4.78 is 85.1. The van der Waals surface area contributed by atoms with Gasteiger partial charge in [-0.2, -0.15) is 30.4 Å². The zero-order valence-corrected chi connectivity index (χ0v) is 9.87. The number of rotatable bonds is 7. The molecule has 108 valence electrons. The van der Waals surface area contributed by atoms with Crippen molar-refractivity contribution in [2.24, 2.45) is 0 Å². The summed E-state index contributed by atoms with van der Waals surface area (Å²) in [5, 5.41) is -5.87. The SMILES string of the molecule is CCCCCCOS(=O)(=O)C(F)(F)C(F)(F)F.[CaH2]. The van der Waals surface area contributed by atoms with Gasteiger partial charge in [-0.25, -0.2) is 0 Å². The second kappa shape index (κ2) is 8.18. The number of unbranched alkanes of at least 4 members (excludes halogenated alkanes) is 3. The van der Waals surface area contributed by atoms with Crippen LogP contribution in [0.1, 0.15) is 32.6 Å². The Hall–Kier alpha value is 0.820. The molecule has 0 rings (SSSR count). The molecule has 0 heterocycles. The fourth-order valence-corrected chi connectivity index (χ4v) is 1.68.